The van der Waals surface area contributed by atoms with E-state index in [1.165, 1.54) is 11.3 Å². The van der Waals surface area contributed by atoms with E-state index in [2.05, 4.69) is 4.98 Å². The fourth-order valence-electron chi connectivity index (χ4n) is 2.16. The van der Waals surface area contributed by atoms with Crippen LogP contribution in [0.3, 0.4) is 0 Å². The number of aromatic nitrogens is 1. The highest BCUT2D eigenvalue weighted by atomic mass is 32.1. The van der Waals surface area contributed by atoms with Gasteiger partial charge in [-0.15, -0.1) is 11.3 Å². The first-order valence-electron chi connectivity index (χ1n) is 6.66. The fourth-order valence-corrected chi connectivity index (χ4v) is 2.95. The van der Waals surface area contributed by atoms with Crippen molar-refractivity contribution >= 4 is 17.2 Å². The number of carbonyl (C=O) groups excluding carboxylic acids is 1. The molecule has 0 radical (unpaired) electrons. The molecule has 0 saturated heterocycles. The van der Waals surface area contributed by atoms with Gasteiger partial charge >= 0.3 is 0 Å². The van der Waals surface area contributed by atoms with Gasteiger partial charge in [0.25, 0.3) is 0 Å². The first kappa shape index (κ1) is 13.3. The zero-order chi connectivity index (χ0) is 13.9. The molecule has 6 heteroatoms. The van der Waals surface area contributed by atoms with Crippen molar-refractivity contribution in [2.45, 2.75) is 25.3 Å². The molecule has 0 spiro atoms. The van der Waals surface area contributed by atoms with E-state index < -0.39 is 0 Å². The zero-order valence-electron chi connectivity index (χ0n) is 11.0. The van der Waals surface area contributed by atoms with Gasteiger partial charge in [0.1, 0.15) is 0 Å². The minimum atomic E-state index is 0.0109. The number of amides is 1. The molecule has 1 saturated carbocycles. The van der Waals surface area contributed by atoms with Crippen molar-refractivity contribution in [1.82, 2.24) is 9.88 Å². The van der Waals surface area contributed by atoms with E-state index in [0.29, 0.717) is 12.6 Å². The first-order valence-corrected chi connectivity index (χ1v) is 7.54. The van der Waals surface area contributed by atoms with Crippen molar-refractivity contribution in [3.63, 3.8) is 0 Å². The predicted molar refractivity (Wildman–Crippen MR) is 75.3 cm³/mol. The Balaban J connectivity index is 1.66. The van der Waals surface area contributed by atoms with Gasteiger partial charge in [-0.05, 0) is 25.0 Å². The maximum Gasteiger partial charge on any atom is 0.228 e. The largest absolute Gasteiger partial charge is 0.462 e. The predicted octanol–water partition coefficient (Wildman–Crippen LogP) is 1.93. The molecule has 1 N–H and O–H groups in total. The number of carbonyl (C=O) groups is 1. The number of thiazole rings is 1. The van der Waals surface area contributed by atoms with Crippen LogP contribution in [0, 0.1) is 0 Å². The smallest absolute Gasteiger partial charge is 0.228 e. The number of hydrogen-bond donors (Lipinski definition) is 1. The highest BCUT2D eigenvalue weighted by molar-refractivity contribution is 7.13. The van der Waals surface area contributed by atoms with Crippen molar-refractivity contribution in [2.75, 3.05) is 13.2 Å². The summed E-state index contributed by atoms with van der Waals surface area (Å²) >= 11 is 1.47. The number of furan rings is 1. The number of aliphatic hydroxyl groups excluding tert-OH is 1. The van der Waals surface area contributed by atoms with E-state index >= 15 is 0 Å². The van der Waals surface area contributed by atoms with Gasteiger partial charge in [0.05, 0.1) is 25.0 Å². The van der Waals surface area contributed by atoms with Crippen LogP contribution >= 0.6 is 11.3 Å². The molecular formula is C14H16N2O3S. The molecule has 1 amide bonds. The number of aliphatic hydroxyl groups is 1. The third-order valence-electron chi connectivity index (χ3n) is 3.26. The molecule has 0 unspecified atom stereocenters. The summed E-state index contributed by atoms with van der Waals surface area (Å²) in [5, 5.41) is 11.7. The summed E-state index contributed by atoms with van der Waals surface area (Å²) in [7, 11) is 0. The summed E-state index contributed by atoms with van der Waals surface area (Å²) in [4.78, 5) is 18.4. The number of rotatable bonds is 6. The molecule has 0 aliphatic heterocycles. The Kier molecular flexibility index (Phi) is 3.84. The molecule has 1 aliphatic rings. The molecule has 106 valence electrons. The summed E-state index contributed by atoms with van der Waals surface area (Å²) in [6, 6.07) is 3.99. The quantitative estimate of drug-likeness (QED) is 0.883. The average molecular weight is 292 g/mol. The van der Waals surface area contributed by atoms with Crippen LogP contribution in [-0.2, 0) is 11.2 Å². The second-order valence-corrected chi connectivity index (χ2v) is 5.70. The maximum absolute atomic E-state index is 12.2. The van der Waals surface area contributed by atoms with Crippen molar-refractivity contribution in [3.8, 4) is 10.8 Å². The van der Waals surface area contributed by atoms with Gasteiger partial charge in [0.2, 0.25) is 5.91 Å². The van der Waals surface area contributed by atoms with E-state index in [1.54, 1.807) is 11.2 Å². The third kappa shape index (κ3) is 2.91. The summed E-state index contributed by atoms with van der Waals surface area (Å²) in [5.74, 6) is 0.765. The molecule has 3 rings (SSSR count). The van der Waals surface area contributed by atoms with E-state index in [4.69, 9.17) is 9.52 Å². The maximum atomic E-state index is 12.2. The fraction of sp³-hybridized carbons (Fsp3) is 0.429. The Hall–Kier alpha value is -1.66. The van der Waals surface area contributed by atoms with E-state index in [-0.39, 0.29) is 18.9 Å². The van der Waals surface area contributed by atoms with Gasteiger partial charge in [-0.1, -0.05) is 0 Å². The minimum absolute atomic E-state index is 0.0109. The molecular weight excluding hydrogens is 276 g/mol. The van der Waals surface area contributed by atoms with E-state index in [1.807, 2.05) is 17.5 Å². The number of nitrogens with zero attached hydrogens (tertiary/aromatic N) is 2. The standard InChI is InChI=1S/C14H16N2O3S/c17-6-5-16(11-3-4-11)13(18)8-10-9-20-14(15-10)12-2-1-7-19-12/h1-2,7,9,11,17H,3-6,8H2. The van der Waals surface area contributed by atoms with Gasteiger partial charge in [-0.2, -0.15) is 0 Å². The zero-order valence-corrected chi connectivity index (χ0v) is 11.8. The minimum Gasteiger partial charge on any atom is -0.462 e. The lowest BCUT2D eigenvalue weighted by Crippen LogP contribution is -2.36. The van der Waals surface area contributed by atoms with Crippen molar-refractivity contribution in [3.05, 3.63) is 29.5 Å². The molecule has 5 nitrogen and oxygen atoms in total. The van der Waals surface area contributed by atoms with Crippen molar-refractivity contribution in [1.29, 1.82) is 0 Å². The van der Waals surface area contributed by atoms with E-state index in [9.17, 15) is 4.79 Å². The Morgan fingerprint density at radius 3 is 3.05 bits per heavy atom. The second kappa shape index (κ2) is 5.76. The van der Waals surface area contributed by atoms with Gasteiger partial charge in [-0.3, -0.25) is 4.79 Å². The van der Waals surface area contributed by atoms with Gasteiger partial charge < -0.3 is 14.4 Å². The molecule has 0 aromatic carbocycles. The van der Waals surface area contributed by atoms with Crippen molar-refractivity contribution in [2.24, 2.45) is 0 Å². The lowest BCUT2D eigenvalue weighted by molar-refractivity contribution is -0.131. The molecule has 1 fully saturated rings. The topological polar surface area (TPSA) is 66.6 Å². The Labute approximate surface area is 120 Å². The van der Waals surface area contributed by atoms with Crippen LogP contribution < -0.4 is 0 Å². The Morgan fingerprint density at radius 2 is 2.40 bits per heavy atom. The third-order valence-corrected chi connectivity index (χ3v) is 4.17. The molecule has 0 atom stereocenters. The normalized spacial score (nSPS) is 14.4. The lowest BCUT2D eigenvalue weighted by Gasteiger charge is -2.20. The van der Waals surface area contributed by atoms with Crippen molar-refractivity contribution < 1.29 is 14.3 Å². The Bertz CT molecular complexity index is 575. The molecule has 1 aliphatic carbocycles. The van der Waals surface area contributed by atoms with Crippen LogP contribution in [0.15, 0.2) is 28.2 Å². The van der Waals surface area contributed by atoms with Gasteiger partial charge in [0.15, 0.2) is 10.8 Å². The SMILES string of the molecule is O=C(Cc1csc(-c2ccco2)n1)N(CCO)C1CC1. The van der Waals surface area contributed by atoms with Crippen LogP contribution in [0.25, 0.3) is 10.8 Å². The average Bonchev–Trinajstić information content (AvgIpc) is 2.93. The molecule has 0 bridgehead atoms. The van der Waals surface area contributed by atoms with Gasteiger partial charge in [0, 0.05) is 18.0 Å². The molecule has 2 heterocycles. The first-order chi connectivity index (χ1) is 9.78. The van der Waals surface area contributed by atoms with Crippen LogP contribution in [-0.4, -0.2) is 40.1 Å². The monoisotopic (exact) mass is 292 g/mol. The highest BCUT2D eigenvalue weighted by Gasteiger charge is 2.32. The molecule has 2 aromatic rings. The summed E-state index contributed by atoms with van der Waals surface area (Å²) in [5.41, 5.74) is 0.759. The summed E-state index contributed by atoms with van der Waals surface area (Å²) in [6.45, 7) is 0.426. The summed E-state index contributed by atoms with van der Waals surface area (Å²) in [6.07, 6.45) is 3.98. The number of hydrogen-bond acceptors (Lipinski definition) is 5. The molecule has 20 heavy (non-hydrogen) atoms. The van der Waals surface area contributed by atoms with Crippen LogP contribution in [0.2, 0.25) is 0 Å². The molecule has 2 aromatic heterocycles. The van der Waals surface area contributed by atoms with E-state index in [0.717, 1.165) is 29.3 Å². The lowest BCUT2D eigenvalue weighted by atomic mass is 10.3. The summed E-state index contributed by atoms with van der Waals surface area (Å²) < 4.78 is 5.29. The second-order valence-electron chi connectivity index (χ2n) is 4.84. The highest BCUT2D eigenvalue weighted by Crippen LogP contribution is 2.28. The van der Waals surface area contributed by atoms with Crippen LogP contribution in [0.4, 0.5) is 0 Å². The van der Waals surface area contributed by atoms with Gasteiger partial charge in [-0.25, -0.2) is 4.98 Å². The Morgan fingerprint density at radius 1 is 1.55 bits per heavy atom. The van der Waals surface area contributed by atoms with Crippen LogP contribution in [0.5, 0.6) is 0 Å². The van der Waals surface area contributed by atoms with Crippen LogP contribution in [0.1, 0.15) is 18.5 Å².